The number of hydrogen-bond donors (Lipinski definition) is 0. The van der Waals surface area contributed by atoms with Gasteiger partial charge in [-0.2, -0.15) is 0 Å². The van der Waals surface area contributed by atoms with E-state index in [-0.39, 0.29) is 0 Å². The summed E-state index contributed by atoms with van der Waals surface area (Å²) in [7, 11) is 0. The summed E-state index contributed by atoms with van der Waals surface area (Å²) in [5.41, 5.74) is 1.50. The Hall–Kier alpha value is -1.04. The molecular formula is C11H14. The maximum absolute atomic E-state index is 3.65. The van der Waals surface area contributed by atoms with Crippen molar-refractivity contribution in [3.05, 3.63) is 48.6 Å². The van der Waals surface area contributed by atoms with Gasteiger partial charge in [-0.15, -0.1) is 6.58 Å². The maximum Gasteiger partial charge on any atom is -0.0129 e. The van der Waals surface area contributed by atoms with Gasteiger partial charge < -0.3 is 0 Å². The van der Waals surface area contributed by atoms with Crippen molar-refractivity contribution in [2.75, 3.05) is 0 Å². The Balaban J connectivity index is 2.17. The standard InChI is InChI=1S/C11H14/c1-2-3-4-5-8-11-9-6-7-10-11/h2,4-7,9H,1,3,8,10H2. The molecule has 0 bridgehead atoms. The van der Waals surface area contributed by atoms with E-state index in [2.05, 4.69) is 37.0 Å². The molecule has 0 nitrogen and oxygen atoms in total. The van der Waals surface area contributed by atoms with Crippen LogP contribution in [0.3, 0.4) is 0 Å². The molecule has 58 valence electrons. The van der Waals surface area contributed by atoms with Crippen LogP contribution in [-0.4, -0.2) is 0 Å². The molecular weight excluding hydrogens is 132 g/mol. The fourth-order valence-corrected chi connectivity index (χ4v) is 1.07. The topological polar surface area (TPSA) is 0 Å². The average Bonchev–Trinajstić information content (AvgIpc) is 2.50. The summed E-state index contributed by atoms with van der Waals surface area (Å²) >= 11 is 0. The maximum atomic E-state index is 3.65. The summed E-state index contributed by atoms with van der Waals surface area (Å²) in [6.07, 6.45) is 16.0. The largest absolute Gasteiger partial charge is 0.103 e. The lowest BCUT2D eigenvalue weighted by molar-refractivity contribution is 1.13. The van der Waals surface area contributed by atoms with Gasteiger partial charge in [0.05, 0.1) is 0 Å². The first-order valence-electron chi connectivity index (χ1n) is 4.04. The molecule has 0 heterocycles. The number of hydrogen-bond acceptors (Lipinski definition) is 0. The van der Waals surface area contributed by atoms with Crippen LogP contribution in [0, 0.1) is 0 Å². The van der Waals surface area contributed by atoms with Crippen LogP contribution in [0.2, 0.25) is 0 Å². The highest BCUT2D eigenvalue weighted by Crippen LogP contribution is 2.14. The predicted octanol–water partition coefficient (Wildman–Crippen LogP) is 3.40. The van der Waals surface area contributed by atoms with Crippen LogP contribution in [0.15, 0.2) is 48.6 Å². The minimum Gasteiger partial charge on any atom is -0.103 e. The normalized spacial score (nSPS) is 15.8. The molecule has 0 aromatic heterocycles. The lowest BCUT2D eigenvalue weighted by Gasteiger charge is -1.92. The van der Waals surface area contributed by atoms with Gasteiger partial charge in [-0.25, -0.2) is 0 Å². The Morgan fingerprint density at radius 2 is 2.36 bits per heavy atom. The summed E-state index contributed by atoms with van der Waals surface area (Å²) in [6.45, 7) is 3.65. The summed E-state index contributed by atoms with van der Waals surface area (Å²) in [4.78, 5) is 0. The van der Waals surface area contributed by atoms with Gasteiger partial charge in [0.2, 0.25) is 0 Å². The van der Waals surface area contributed by atoms with Gasteiger partial charge in [-0.1, -0.05) is 42.0 Å². The molecule has 1 aliphatic rings. The van der Waals surface area contributed by atoms with Crippen molar-refractivity contribution in [1.29, 1.82) is 0 Å². The molecule has 0 aromatic carbocycles. The zero-order valence-corrected chi connectivity index (χ0v) is 6.79. The van der Waals surface area contributed by atoms with Crippen molar-refractivity contribution in [3.8, 4) is 0 Å². The van der Waals surface area contributed by atoms with Crippen molar-refractivity contribution < 1.29 is 0 Å². The van der Waals surface area contributed by atoms with Crippen molar-refractivity contribution in [2.45, 2.75) is 19.3 Å². The fourth-order valence-electron chi connectivity index (χ4n) is 1.07. The second-order valence-corrected chi connectivity index (χ2v) is 2.66. The smallest absolute Gasteiger partial charge is 0.0129 e. The quantitative estimate of drug-likeness (QED) is 0.533. The highest BCUT2D eigenvalue weighted by atomic mass is 14.0. The molecule has 0 fully saturated rings. The Kier molecular flexibility index (Phi) is 3.46. The number of allylic oxidation sites excluding steroid dienone is 7. The molecule has 0 N–H and O–H groups in total. The Morgan fingerprint density at radius 3 is 3.00 bits per heavy atom. The van der Waals surface area contributed by atoms with E-state index in [1.807, 2.05) is 6.08 Å². The fraction of sp³-hybridized carbons (Fsp3) is 0.273. The summed E-state index contributed by atoms with van der Waals surface area (Å²) < 4.78 is 0. The molecule has 0 saturated carbocycles. The van der Waals surface area contributed by atoms with Crippen LogP contribution in [-0.2, 0) is 0 Å². The first-order valence-corrected chi connectivity index (χ1v) is 4.04. The molecule has 0 radical (unpaired) electrons. The first-order chi connectivity index (χ1) is 5.43. The molecule has 0 heteroatoms. The molecule has 1 aliphatic carbocycles. The second-order valence-electron chi connectivity index (χ2n) is 2.66. The van der Waals surface area contributed by atoms with Crippen LogP contribution < -0.4 is 0 Å². The molecule has 0 atom stereocenters. The highest BCUT2D eigenvalue weighted by Gasteiger charge is 1.94. The van der Waals surface area contributed by atoms with E-state index in [0.717, 1.165) is 19.3 Å². The minimum absolute atomic E-state index is 0.987. The molecule has 11 heavy (non-hydrogen) atoms. The SMILES string of the molecule is C=CCC=CCC1=CC=CC1. The van der Waals surface area contributed by atoms with Crippen LogP contribution >= 0.6 is 0 Å². The van der Waals surface area contributed by atoms with E-state index in [1.54, 1.807) is 0 Å². The third-order valence-electron chi connectivity index (χ3n) is 1.70. The molecule has 0 aromatic rings. The van der Waals surface area contributed by atoms with Crippen LogP contribution in [0.1, 0.15) is 19.3 Å². The average molecular weight is 146 g/mol. The van der Waals surface area contributed by atoms with E-state index in [1.165, 1.54) is 5.57 Å². The molecule has 0 amide bonds. The molecule has 0 unspecified atom stereocenters. The zero-order valence-electron chi connectivity index (χ0n) is 6.79. The summed E-state index contributed by atoms with van der Waals surface area (Å²) in [5, 5.41) is 0. The van der Waals surface area contributed by atoms with Crippen molar-refractivity contribution in [3.63, 3.8) is 0 Å². The van der Waals surface area contributed by atoms with Gasteiger partial charge in [0.25, 0.3) is 0 Å². The zero-order chi connectivity index (χ0) is 7.94. The van der Waals surface area contributed by atoms with E-state index >= 15 is 0 Å². The Bertz CT molecular complexity index is 204. The Labute approximate surface area is 68.6 Å². The third kappa shape index (κ3) is 3.03. The van der Waals surface area contributed by atoms with Crippen LogP contribution in [0.25, 0.3) is 0 Å². The molecule has 0 saturated heterocycles. The highest BCUT2D eigenvalue weighted by molar-refractivity contribution is 5.24. The number of rotatable bonds is 4. The van der Waals surface area contributed by atoms with Crippen molar-refractivity contribution >= 4 is 0 Å². The van der Waals surface area contributed by atoms with E-state index in [4.69, 9.17) is 0 Å². The summed E-state index contributed by atoms with van der Waals surface area (Å²) in [5.74, 6) is 0. The van der Waals surface area contributed by atoms with E-state index in [0.29, 0.717) is 0 Å². The first kappa shape index (κ1) is 8.06. The molecule has 0 spiro atoms. The second kappa shape index (κ2) is 4.73. The van der Waals surface area contributed by atoms with E-state index < -0.39 is 0 Å². The van der Waals surface area contributed by atoms with Gasteiger partial charge in [0, 0.05) is 0 Å². The minimum atomic E-state index is 0.987. The van der Waals surface area contributed by atoms with Crippen LogP contribution in [0.5, 0.6) is 0 Å². The lowest BCUT2D eigenvalue weighted by atomic mass is 10.1. The molecule has 1 rings (SSSR count). The van der Waals surface area contributed by atoms with Gasteiger partial charge in [-0.05, 0) is 19.3 Å². The van der Waals surface area contributed by atoms with Gasteiger partial charge in [-0.3, -0.25) is 0 Å². The van der Waals surface area contributed by atoms with Crippen LogP contribution in [0.4, 0.5) is 0 Å². The summed E-state index contributed by atoms with van der Waals surface area (Å²) in [6, 6.07) is 0. The third-order valence-corrected chi connectivity index (χ3v) is 1.70. The lowest BCUT2D eigenvalue weighted by Crippen LogP contribution is -1.72. The van der Waals surface area contributed by atoms with Crippen molar-refractivity contribution in [2.24, 2.45) is 0 Å². The van der Waals surface area contributed by atoms with Gasteiger partial charge >= 0.3 is 0 Å². The van der Waals surface area contributed by atoms with Gasteiger partial charge in [0.1, 0.15) is 0 Å². The predicted molar refractivity (Wildman–Crippen MR) is 50.4 cm³/mol. The monoisotopic (exact) mass is 146 g/mol. The van der Waals surface area contributed by atoms with E-state index in [9.17, 15) is 0 Å². The van der Waals surface area contributed by atoms with Gasteiger partial charge in [0.15, 0.2) is 0 Å². The molecule has 0 aliphatic heterocycles. The Morgan fingerprint density at radius 1 is 1.45 bits per heavy atom. The van der Waals surface area contributed by atoms with Crippen molar-refractivity contribution in [1.82, 2.24) is 0 Å².